The van der Waals surface area contributed by atoms with Crippen LogP contribution in [0.15, 0.2) is 170 Å². The van der Waals surface area contributed by atoms with E-state index in [4.69, 9.17) is 32.3 Å². The Morgan fingerprint density at radius 2 is 0.461 bits per heavy atom. The molecule has 0 bridgehead atoms. The zero-order valence-corrected chi connectivity index (χ0v) is 74.2. The Kier molecular flexibility index (Phi) is 84.3. The number of ether oxygens (including phenoxy) is 3. The van der Waals surface area contributed by atoms with Gasteiger partial charge in [-0.05, 0) is 154 Å². The number of unbranched alkanes of at least 4 members (excludes halogenated alkanes) is 34. The molecule has 0 aliphatic rings. The van der Waals surface area contributed by atoms with Crippen molar-refractivity contribution >= 4 is 33.6 Å². The first-order chi connectivity index (χ1) is 56.2. The van der Waals surface area contributed by atoms with Crippen LogP contribution in [-0.2, 0) is 55.8 Å². The van der Waals surface area contributed by atoms with Crippen molar-refractivity contribution < 1.29 is 75.8 Å². The van der Waals surface area contributed by atoms with Crippen molar-refractivity contribution in [2.45, 2.75) is 386 Å². The van der Waals surface area contributed by atoms with Crippen LogP contribution in [0.5, 0.6) is 0 Å². The summed E-state index contributed by atoms with van der Waals surface area (Å²) in [5.74, 6) is -1.59. The van der Waals surface area contributed by atoms with Gasteiger partial charge < -0.3 is 34.2 Å². The summed E-state index contributed by atoms with van der Waals surface area (Å²) in [6, 6.07) is 0. The molecular formula is C97H164O16P2. The van der Waals surface area contributed by atoms with Crippen LogP contribution in [0.2, 0.25) is 0 Å². The van der Waals surface area contributed by atoms with Crippen molar-refractivity contribution in [3.05, 3.63) is 170 Å². The molecule has 115 heavy (non-hydrogen) atoms. The maximum absolute atomic E-state index is 13.0. The van der Waals surface area contributed by atoms with Crippen LogP contribution in [0.3, 0.4) is 0 Å². The summed E-state index contributed by atoms with van der Waals surface area (Å²) in [4.78, 5) is 59.0. The van der Waals surface area contributed by atoms with Crippen LogP contribution < -0.4 is 0 Å². The van der Waals surface area contributed by atoms with Crippen molar-refractivity contribution in [2.24, 2.45) is 0 Å². The molecule has 5 unspecified atom stereocenters. The average molecular weight is 1650 g/mol. The fourth-order valence-corrected chi connectivity index (χ4v) is 13.7. The topological polar surface area (TPSA) is 231 Å². The number of aliphatic hydroxyl groups excluding tert-OH is 2. The summed E-state index contributed by atoms with van der Waals surface area (Å²) in [6.07, 6.45) is 114. The lowest BCUT2D eigenvalue weighted by Gasteiger charge is -2.21. The minimum atomic E-state index is -4.95. The summed E-state index contributed by atoms with van der Waals surface area (Å²) >= 11 is 0. The predicted molar refractivity (Wildman–Crippen MR) is 482 cm³/mol. The van der Waals surface area contributed by atoms with E-state index in [2.05, 4.69) is 191 Å². The molecule has 0 aromatic carbocycles. The number of aliphatic hydroxyl groups is 2. The summed E-state index contributed by atoms with van der Waals surface area (Å²) in [7, 11) is -9.82. The van der Waals surface area contributed by atoms with Gasteiger partial charge in [0.25, 0.3) is 0 Å². The number of hydrogen-bond acceptors (Lipinski definition) is 14. The highest BCUT2D eigenvalue weighted by Crippen LogP contribution is 2.45. The second-order valence-corrected chi connectivity index (χ2v) is 32.9. The van der Waals surface area contributed by atoms with E-state index in [1.807, 2.05) is 0 Å². The lowest BCUT2D eigenvalue weighted by molar-refractivity contribution is -0.161. The van der Waals surface area contributed by atoms with Gasteiger partial charge in [-0.15, -0.1) is 0 Å². The number of carbonyl (C=O) groups excluding carboxylic acids is 3. The fourth-order valence-electron chi connectivity index (χ4n) is 12.1. The molecule has 0 aromatic rings. The number of rotatable bonds is 85. The average Bonchev–Trinajstić information content (AvgIpc) is 0.902. The monoisotopic (exact) mass is 1650 g/mol. The van der Waals surface area contributed by atoms with Crippen molar-refractivity contribution in [3.8, 4) is 0 Å². The Bertz CT molecular complexity index is 2770. The van der Waals surface area contributed by atoms with Gasteiger partial charge in [-0.1, -0.05) is 364 Å². The van der Waals surface area contributed by atoms with Gasteiger partial charge in [0.15, 0.2) is 6.10 Å². The first-order valence-electron chi connectivity index (χ1n) is 45.4. The Morgan fingerprint density at radius 1 is 0.252 bits per heavy atom. The molecular weight excluding hydrogens is 1480 g/mol. The molecule has 0 aliphatic carbocycles. The Balaban J connectivity index is 4.56. The highest BCUT2D eigenvalue weighted by molar-refractivity contribution is 7.47. The minimum absolute atomic E-state index is 0.0838. The maximum atomic E-state index is 13.0. The zero-order valence-electron chi connectivity index (χ0n) is 72.4. The van der Waals surface area contributed by atoms with E-state index in [0.717, 1.165) is 193 Å². The largest absolute Gasteiger partial charge is 0.472 e. The number of allylic oxidation sites excluding steroid dienone is 28. The minimum Gasteiger partial charge on any atom is -0.463 e. The third-order valence-electron chi connectivity index (χ3n) is 18.9. The molecule has 16 nitrogen and oxygen atoms in total. The zero-order chi connectivity index (χ0) is 83.6. The van der Waals surface area contributed by atoms with Gasteiger partial charge >= 0.3 is 33.6 Å². The Hall–Kier alpha value is -5.09. The van der Waals surface area contributed by atoms with E-state index in [9.17, 15) is 43.5 Å². The number of phosphoric ester groups is 2. The van der Waals surface area contributed by atoms with Crippen molar-refractivity contribution in [1.82, 2.24) is 0 Å². The van der Waals surface area contributed by atoms with Crippen LogP contribution in [0.25, 0.3) is 0 Å². The summed E-state index contributed by atoms with van der Waals surface area (Å²) in [5.41, 5.74) is 0. The summed E-state index contributed by atoms with van der Waals surface area (Å²) < 4.78 is 61.4. The van der Waals surface area contributed by atoms with E-state index in [1.165, 1.54) is 116 Å². The van der Waals surface area contributed by atoms with Crippen molar-refractivity contribution in [2.75, 3.05) is 39.6 Å². The highest BCUT2D eigenvalue weighted by atomic mass is 31.2. The van der Waals surface area contributed by atoms with Crippen molar-refractivity contribution in [3.63, 3.8) is 0 Å². The molecule has 0 saturated heterocycles. The van der Waals surface area contributed by atoms with Gasteiger partial charge in [0.2, 0.25) is 0 Å². The van der Waals surface area contributed by atoms with Gasteiger partial charge in [-0.2, -0.15) is 0 Å². The van der Waals surface area contributed by atoms with Crippen LogP contribution in [0.4, 0.5) is 0 Å². The molecule has 18 heteroatoms. The van der Waals surface area contributed by atoms with Gasteiger partial charge in [0.05, 0.1) is 26.4 Å². The maximum Gasteiger partial charge on any atom is 0.472 e. The van der Waals surface area contributed by atoms with Crippen LogP contribution in [0.1, 0.15) is 367 Å². The quantitative estimate of drug-likeness (QED) is 0.0146. The molecule has 0 radical (unpaired) electrons. The normalized spacial score (nSPS) is 14.6. The van der Waals surface area contributed by atoms with E-state index in [-0.39, 0.29) is 19.3 Å². The molecule has 0 heterocycles. The second-order valence-electron chi connectivity index (χ2n) is 30.0. The molecule has 4 N–H and O–H groups in total. The van der Waals surface area contributed by atoms with Gasteiger partial charge in [-0.3, -0.25) is 32.5 Å². The lowest BCUT2D eigenvalue weighted by Crippen LogP contribution is -2.30. The van der Waals surface area contributed by atoms with Gasteiger partial charge in [0.1, 0.15) is 25.4 Å². The third-order valence-corrected chi connectivity index (χ3v) is 20.8. The number of carbonyl (C=O) groups is 3. The molecule has 0 spiro atoms. The van der Waals surface area contributed by atoms with E-state index >= 15 is 0 Å². The summed E-state index contributed by atoms with van der Waals surface area (Å²) in [6.45, 7) is 2.44. The Labute approximate surface area is 701 Å². The van der Waals surface area contributed by atoms with Gasteiger partial charge in [-0.25, -0.2) is 9.13 Å². The molecule has 0 rings (SSSR count). The molecule has 658 valence electrons. The predicted octanol–water partition coefficient (Wildman–Crippen LogP) is 27.9. The standard InChI is InChI=1S/C97H164O16P2/c1-4-7-10-13-16-19-22-25-28-31-34-36-38-40-42-43-44-45-46-47-49-51-52-54-57-59-62-65-68-71-74-77-80-83-95(100)107-86-92(98)87-109-114(103,104)110-88-93(99)89-111-115(105,106)112-91-94(113-97(102)85-82-79-76-73-70-67-64-61-56-33-30-27-24-21-18-15-12-9-6-3)90-108-96(101)84-81-78-75-72-69-66-63-60-58-55-53-50-48-41-39-37-35-32-29-26-23-20-17-14-11-8-5-2/h7-8,10-11,16-21,25-30,34-37,40-42,48,53,55-56,61,92-94,98-99H,4-6,9,12-15,22-24,31-33,38-39,43-47,49-52,54,57-60,62-91H2,1-3H3,(H,103,104)(H,105,106)/b10-7-,11-8-,19-16-,20-17-,21-18-,28-25-,29-26-,30-27-,36-34-,37-35-,42-40-,48-41-,55-53-,61-56-. The lowest BCUT2D eigenvalue weighted by atomic mass is 10.0. The van der Waals surface area contributed by atoms with E-state index < -0.39 is 91.5 Å². The SMILES string of the molecule is CC/C=C\C/C=C\C/C=C\C/C=C\C/C=C\C/C=C\CCCCCCCCCCC(=O)OCC(COP(=O)(O)OCC(O)COP(=O)(O)OCC(O)COC(=O)CCCCCCCCCCCCCCCCCCC/C=C\C/C=C\C/C=C\C/C=C\C/C=C\CC)OC(=O)CCCCCCCC/C=C\C/C=C\C/C=C\CCCCC. The molecule has 0 aromatic heterocycles. The molecule has 0 saturated carbocycles. The molecule has 0 amide bonds. The first kappa shape index (κ1) is 110. The number of phosphoric acid groups is 2. The highest BCUT2D eigenvalue weighted by Gasteiger charge is 2.29. The fraction of sp³-hybridized carbons (Fsp3) is 0.680. The Morgan fingerprint density at radius 3 is 0.730 bits per heavy atom. The van der Waals surface area contributed by atoms with Crippen LogP contribution >= 0.6 is 15.6 Å². The van der Waals surface area contributed by atoms with E-state index in [0.29, 0.717) is 19.3 Å². The third kappa shape index (κ3) is 89.5. The van der Waals surface area contributed by atoms with Gasteiger partial charge in [0, 0.05) is 19.3 Å². The first-order valence-corrected chi connectivity index (χ1v) is 48.4. The van der Waals surface area contributed by atoms with E-state index in [1.54, 1.807) is 0 Å². The van der Waals surface area contributed by atoms with Crippen molar-refractivity contribution in [1.29, 1.82) is 0 Å². The molecule has 0 fully saturated rings. The smallest absolute Gasteiger partial charge is 0.463 e. The van der Waals surface area contributed by atoms with Crippen LogP contribution in [-0.4, -0.2) is 95.9 Å². The molecule has 0 aliphatic heterocycles. The number of hydrogen-bond donors (Lipinski definition) is 4. The van der Waals surface area contributed by atoms with Crippen LogP contribution in [0, 0.1) is 0 Å². The molecule has 5 atom stereocenters. The second kappa shape index (κ2) is 88.2. The number of esters is 3. The summed E-state index contributed by atoms with van der Waals surface area (Å²) in [5, 5.41) is 20.7.